The number of nitrogens with zero attached hydrogens (tertiary/aromatic N) is 2. The monoisotopic (exact) mass is 195 g/mol. The van der Waals surface area contributed by atoms with E-state index in [1.807, 2.05) is 0 Å². The fraction of sp³-hybridized carbons (Fsp3) is 0.500. The van der Waals surface area contributed by atoms with Gasteiger partial charge in [0.15, 0.2) is 0 Å². The topological polar surface area (TPSA) is 92.3 Å². The van der Waals surface area contributed by atoms with E-state index in [4.69, 9.17) is 14.8 Å². The zero-order valence-corrected chi connectivity index (χ0v) is 7.52. The molecule has 7 heteroatoms. The van der Waals surface area contributed by atoms with Crippen LogP contribution < -0.4 is 5.73 Å². The molecule has 0 bridgehead atoms. The van der Waals surface area contributed by atoms with Crippen molar-refractivity contribution in [1.29, 1.82) is 0 Å². The van der Waals surface area contributed by atoms with Crippen LogP contribution in [0.5, 0.6) is 0 Å². The molecule has 5 nitrogen and oxygen atoms in total. The van der Waals surface area contributed by atoms with Crippen LogP contribution in [0.3, 0.4) is 0 Å². The summed E-state index contributed by atoms with van der Waals surface area (Å²) in [5.74, 6) is 0.141. The molecule has 0 saturated heterocycles. The molecular formula is C4H9N3O2S2. The van der Waals surface area contributed by atoms with Gasteiger partial charge in [-0.1, -0.05) is 11.3 Å². The smallest absolute Gasteiger partial charge is 0.203 e. The van der Waals surface area contributed by atoms with Gasteiger partial charge in [-0.2, -0.15) is 10.6 Å². The third-order valence-electron chi connectivity index (χ3n) is 0.879. The molecule has 0 unspecified atom stereocenters. The second kappa shape index (κ2) is 2.94. The van der Waals surface area contributed by atoms with Gasteiger partial charge in [0.2, 0.25) is 5.13 Å². The highest BCUT2D eigenvalue weighted by Crippen LogP contribution is 2.38. The first-order valence-corrected chi connectivity index (χ1v) is 5.70. The number of hydrogen-bond acceptors (Lipinski definition) is 6. The quantitative estimate of drug-likeness (QED) is 0.654. The highest BCUT2D eigenvalue weighted by atomic mass is 32.3. The van der Waals surface area contributed by atoms with E-state index >= 15 is 0 Å². The highest BCUT2D eigenvalue weighted by molar-refractivity contribution is 8.23. The van der Waals surface area contributed by atoms with Crippen LogP contribution >= 0.6 is 21.9 Å². The summed E-state index contributed by atoms with van der Waals surface area (Å²) in [5, 5.41) is 8.09. The number of aromatic nitrogens is 2. The van der Waals surface area contributed by atoms with Crippen LogP contribution in [0.1, 0.15) is 5.01 Å². The average molecular weight is 195 g/mol. The Labute approximate surface area is 69.6 Å². The molecule has 0 aliphatic rings. The first kappa shape index (κ1) is 8.72. The summed E-state index contributed by atoms with van der Waals surface area (Å²) in [4.78, 5) is 0. The molecule has 4 N–H and O–H groups in total. The molecule has 64 valence electrons. The van der Waals surface area contributed by atoms with Crippen molar-refractivity contribution in [3.8, 4) is 0 Å². The van der Waals surface area contributed by atoms with Crippen LogP contribution in [0.15, 0.2) is 0 Å². The van der Waals surface area contributed by atoms with Crippen LogP contribution in [-0.4, -0.2) is 25.6 Å². The van der Waals surface area contributed by atoms with Crippen LogP contribution in [0.2, 0.25) is 0 Å². The van der Waals surface area contributed by atoms with E-state index in [0.717, 1.165) is 0 Å². The zero-order valence-electron chi connectivity index (χ0n) is 5.89. The van der Waals surface area contributed by atoms with Gasteiger partial charge < -0.3 is 5.73 Å². The second-order valence-electron chi connectivity index (χ2n) is 2.17. The molecule has 0 saturated carbocycles. The third-order valence-corrected chi connectivity index (χ3v) is 2.63. The normalized spacial score (nSPS) is 13.4. The number of nitrogen functional groups attached to an aromatic ring is 1. The Bertz CT molecular complexity index is 244. The molecule has 0 aromatic carbocycles. The molecular weight excluding hydrogens is 186 g/mol. The lowest BCUT2D eigenvalue weighted by Gasteiger charge is -2.24. The Balaban J connectivity index is 2.65. The van der Waals surface area contributed by atoms with Crippen molar-refractivity contribution < 1.29 is 9.11 Å². The molecule has 1 aromatic heterocycles. The number of rotatable bonds is 2. The van der Waals surface area contributed by atoms with Gasteiger partial charge >= 0.3 is 0 Å². The fourth-order valence-corrected chi connectivity index (χ4v) is 2.39. The lowest BCUT2D eigenvalue weighted by atomic mass is 10.9. The van der Waals surface area contributed by atoms with Crippen LogP contribution in [-0.2, 0) is 5.75 Å². The van der Waals surface area contributed by atoms with Gasteiger partial charge in [-0.15, -0.1) is 10.2 Å². The Morgan fingerprint density at radius 2 is 2.18 bits per heavy atom. The van der Waals surface area contributed by atoms with Crippen LogP contribution in [0.25, 0.3) is 0 Å². The molecule has 0 radical (unpaired) electrons. The maximum absolute atomic E-state index is 9.02. The second-order valence-corrected chi connectivity index (χ2v) is 5.54. The van der Waals surface area contributed by atoms with Gasteiger partial charge in [0.1, 0.15) is 5.01 Å². The van der Waals surface area contributed by atoms with Crippen molar-refractivity contribution in [1.82, 2.24) is 10.2 Å². The van der Waals surface area contributed by atoms with Gasteiger partial charge in [-0.25, -0.2) is 0 Å². The fourth-order valence-electron chi connectivity index (χ4n) is 0.559. The Hall–Kier alpha value is -0.370. The minimum atomic E-state index is -2.51. The van der Waals surface area contributed by atoms with Crippen molar-refractivity contribution in [2.24, 2.45) is 0 Å². The number of nitrogens with two attached hydrogens (primary N) is 1. The predicted octanol–water partition coefficient (Wildman–Crippen LogP) is 1.00. The summed E-state index contributed by atoms with van der Waals surface area (Å²) in [5.41, 5.74) is 5.29. The number of anilines is 1. The van der Waals surface area contributed by atoms with E-state index in [0.29, 0.717) is 10.1 Å². The summed E-state index contributed by atoms with van der Waals surface area (Å²) in [7, 11) is -2.51. The molecule has 0 atom stereocenters. The van der Waals surface area contributed by atoms with Crippen molar-refractivity contribution >= 4 is 27.1 Å². The lowest BCUT2D eigenvalue weighted by molar-refractivity contribution is 0.493. The summed E-state index contributed by atoms with van der Waals surface area (Å²) in [6, 6.07) is 0. The average Bonchev–Trinajstić information content (AvgIpc) is 2.10. The first-order chi connectivity index (χ1) is 4.97. The lowest BCUT2D eigenvalue weighted by Crippen LogP contribution is -1.97. The zero-order chi connectivity index (χ0) is 8.48. The maximum Gasteiger partial charge on any atom is 0.203 e. The van der Waals surface area contributed by atoms with Crippen molar-refractivity contribution in [2.75, 3.05) is 12.0 Å². The molecule has 0 fully saturated rings. The first-order valence-electron chi connectivity index (χ1n) is 2.76. The minimum Gasteiger partial charge on any atom is -0.374 e. The summed E-state index contributed by atoms with van der Waals surface area (Å²) < 4.78 is 18.0. The summed E-state index contributed by atoms with van der Waals surface area (Å²) in [6.45, 7) is 0. The molecule has 1 rings (SSSR count). The number of hydrogen-bond donors (Lipinski definition) is 3. The van der Waals surface area contributed by atoms with Gasteiger partial charge in [0.25, 0.3) is 0 Å². The van der Waals surface area contributed by atoms with Gasteiger partial charge in [-0.05, 0) is 0 Å². The summed E-state index contributed by atoms with van der Waals surface area (Å²) >= 11 is 1.17. The van der Waals surface area contributed by atoms with Gasteiger partial charge in [-0.3, -0.25) is 9.11 Å². The van der Waals surface area contributed by atoms with E-state index in [-0.39, 0.29) is 5.75 Å². The van der Waals surface area contributed by atoms with Crippen molar-refractivity contribution in [3.63, 3.8) is 0 Å². The molecule has 0 amide bonds. The highest BCUT2D eigenvalue weighted by Gasteiger charge is 2.09. The summed E-state index contributed by atoms with van der Waals surface area (Å²) in [6.07, 6.45) is 1.37. The third kappa shape index (κ3) is 3.02. The molecule has 11 heavy (non-hydrogen) atoms. The minimum absolute atomic E-state index is 0.141. The van der Waals surface area contributed by atoms with E-state index in [1.54, 1.807) is 0 Å². The predicted molar refractivity (Wildman–Crippen MR) is 46.8 cm³/mol. The largest absolute Gasteiger partial charge is 0.374 e. The molecule has 0 aliphatic heterocycles. The van der Waals surface area contributed by atoms with Crippen LogP contribution in [0.4, 0.5) is 5.13 Å². The Morgan fingerprint density at radius 3 is 2.55 bits per heavy atom. The SMILES string of the molecule is CS(O)(O)Cc1nnc(N)s1. The van der Waals surface area contributed by atoms with E-state index in [9.17, 15) is 0 Å². The van der Waals surface area contributed by atoms with E-state index in [2.05, 4.69) is 10.2 Å². The van der Waals surface area contributed by atoms with E-state index < -0.39 is 10.6 Å². The van der Waals surface area contributed by atoms with Gasteiger partial charge in [0, 0.05) is 6.26 Å². The van der Waals surface area contributed by atoms with Gasteiger partial charge in [0.05, 0.1) is 5.75 Å². The molecule has 1 heterocycles. The Morgan fingerprint density at radius 1 is 1.55 bits per heavy atom. The molecule has 0 aliphatic carbocycles. The molecule has 1 aromatic rings. The molecule has 0 spiro atoms. The van der Waals surface area contributed by atoms with E-state index in [1.165, 1.54) is 17.6 Å². The van der Waals surface area contributed by atoms with Crippen LogP contribution in [0, 0.1) is 0 Å². The standard InChI is InChI=1S/C4H9N3O2S2/c1-11(8,9)2-3-6-7-4(5)10-3/h8-9H,2H2,1H3,(H2,5,7). The van der Waals surface area contributed by atoms with Crippen molar-refractivity contribution in [3.05, 3.63) is 5.01 Å². The van der Waals surface area contributed by atoms with Crippen molar-refractivity contribution in [2.45, 2.75) is 5.75 Å². The maximum atomic E-state index is 9.02. The Kier molecular flexibility index (Phi) is 2.33.